The van der Waals surface area contributed by atoms with Crippen molar-refractivity contribution in [2.75, 3.05) is 41.8 Å². The fourth-order valence-corrected chi connectivity index (χ4v) is 4.12. The van der Waals surface area contributed by atoms with Gasteiger partial charge in [-0.3, -0.25) is 4.79 Å². The minimum absolute atomic E-state index is 0.150. The van der Waals surface area contributed by atoms with Crippen LogP contribution in [0.2, 0.25) is 0 Å². The van der Waals surface area contributed by atoms with Crippen LogP contribution in [0.25, 0.3) is 0 Å². The Balaban J connectivity index is 1.44. The number of hydrogen-bond donors (Lipinski definition) is 2. The summed E-state index contributed by atoms with van der Waals surface area (Å²) in [6.45, 7) is 5.09. The molecule has 3 aromatic rings. The lowest BCUT2D eigenvalue weighted by Gasteiger charge is -2.29. The van der Waals surface area contributed by atoms with E-state index in [0.717, 1.165) is 53.3 Å². The number of anilines is 4. The largest absolute Gasteiger partial charge is 0.378 e. The van der Waals surface area contributed by atoms with Gasteiger partial charge in [0.05, 0.1) is 13.2 Å². The van der Waals surface area contributed by atoms with Gasteiger partial charge in [-0.05, 0) is 55.5 Å². The van der Waals surface area contributed by atoms with Crippen molar-refractivity contribution in [2.45, 2.75) is 16.8 Å². The van der Waals surface area contributed by atoms with Gasteiger partial charge in [0, 0.05) is 41.2 Å². The lowest BCUT2D eigenvalue weighted by Crippen LogP contribution is -2.36. The van der Waals surface area contributed by atoms with Crippen molar-refractivity contribution in [2.24, 2.45) is 0 Å². The van der Waals surface area contributed by atoms with E-state index in [4.69, 9.17) is 4.74 Å². The summed E-state index contributed by atoms with van der Waals surface area (Å²) in [5, 5.41) is 6.96. The molecular formula is C24H25N5O2S. The number of ether oxygens (including phenoxy) is 1. The van der Waals surface area contributed by atoms with E-state index in [1.165, 1.54) is 17.8 Å². The number of nitrogens with one attached hydrogen (secondary N) is 2. The van der Waals surface area contributed by atoms with E-state index in [2.05, 4.69) is 37.6 Å². The van der Waals surface area contributed by atoms with Gasteiger partial charge in [0.2, 0.25) is 11.9 Å². The maximum Gasteiger partial charge on any atom is 0.248 e. The summed E-state index contributed by atoms with van der Waals surface area (Å²) >= 11 is 1.51. The first-order chi connectivity index (χ1) is 15.7. The second-order valence-electron chi connectivity index (χ2n) is 7.11. The summed E-state index contributed by atoms with van der Waals surface area (Å²) < 4.78 is 5.44. The topological polar surface area (TPSA) is 79.4 Å². The fraction of sp³-hybridized carbons (Fsp3) is 0.208. The molecule has 0 bridgehead atoms. The number of nitrogens with zero attached hydrogens (tertiary/aromatic N) is 3. The number of aromatic nitrogens is 2. The van der Waals surface area contributed by atoms with Crippen LogP contribution < -0.4 is 15.5 Å². The lowest BCUT2D eigenvalue weighted by atomic mass is 10.2. The molecule has 0 aliphatic carbocycles. The normalized spacial score (nSPS) is 13.8. The zero-order valence-corrected chi connectivity index (χ0v) is 18.6. The average molecular weight is 448 g/mol. The SMILES string of the molecule is CC=CC(=O)Nc1cccc(Sc2ccnc(Nc3cccc(N4CCOCC4)c3)n2)c1. The van der Waals surface area contributed by atoms with Gasteiger partial charge in [0.1, 0.15) is 5.03 Å². The highest BCUT2D eigenvalue weighted by molar-refractivity contribution is 7.99. The molecular weight excluding hydrogens is 422 g/mol. The lowest BCUT2D eigenvalue weighted by molar-refractivity contribution is -0.111. The first-order valence-electron chi connectivity index (χ1n) is 10.4. The van der Waals surface area contributed by atoms with Crippen molar-refractivity contribution in [3.63, 3.8) is 0 Å². The summed E-state index contributed by atoms with van der Waals surface area (Å²) in [6, 6.07) is 17.8. The number of carbonyl (C=O) groups excluding carboxylic acids is 1. The van der Waals surface area contributed by atoms with Crippen LogP contribution in [0.15, 0.2) is 82.9 Å². The summed E-state index contributed by atoms with van der Waals surface area (Å²) in [5.41, 5.74) is 2.83. The number of amides is 1. The Morgan fingerprint density at radius 1 is 1.09 bits per heavy atom. The van der Waals surface area contributed by atoms with Crippen LogP contribution in [-0.2, 0) is 9.53 Å². The summed E-state index contributed by atoms with van der Waals surface area (Å²) in [7, 11) is 0. The molecule has 1 fully saturated rings. The van der Waals surface area contributed by atoms with Crippen LogP contribution in [0.4, 0.5) is 23.0 Å². The number of hydrogen-bond acceptors (Lipinski definition) is 7. The Morgan fingerprint density at radius 2 is 1.91 bits per heavy atom. The van der Waals surface area contributed by atoms with E-state index in [-0.39, 0.29) is 5.91 Å². The van der Waals surface area contributed by atoms with Gasteiger partial charge in [-0.25, -0.2) is 9.97 Å². The first kappa shape index (κ1) is 21.9. The van der Waals surface area contributed by atoms with Gasteiger partial charge >= 0.3 is 0 Å². The van der Waals surface area contributed by atoms with Crippen molar-refractivity contribution in [3.05, 3.63) is 72.9 Å². The van der Waals surface area contributed by atoms with Crippen LogP contribution in [0.1, 0.15) is 6.92 Å². The zero-order valence-electron chi connectivity index (χ0n) is 17.8. The van der Waals surface area contributed by atoms with E-state index in [1.54, 1.807) is 12.3 Å². The maximum atomic E-state index is 11.8. The van der Waals surface area contributed by atoms with Gasteiger partial charge in [-0.15, -0.1) is 0 Å². The summed E-state index contributed by atoms with van der Waals surface area (Å²) in [5.74, 6) is 0.383. The quantitative estimate of drug-likeness (QED) is 0.401. The molecule has 1 aliphatic rings. The van der Waals surface area contributed by atoms with Gasteiger partial charge < -0.3 is 20.3 Å². The van der Waals surface area contributed by atoms with Crippen LogP contribution >= 0.6 is 11.8 Å². The third-order valence-electron chi connectivity index (χ3n) is 4.75. The molecule has 2 heterocycles. The van der Waals surface area contributed by atoms with E-state index in [1.807, 2.05) is 49.4 Å². The number of carbonyl (C=O) groups is 1. The predicted molar refractivity (Wildman–Crippen MR) is 129 cm³/mol. The molecule has 0 unspecified atom stereocenters. The fourth-order valence-electron chi connectivity index (χ4n) is 3.28. The van der Waals surface area contributed by atoms with Gasteiger partial charge in [-0.2, -0.15) is 0 Å². The van der Waals surface area contributed by atoms with Crippen LogP contribution in [0.5, 0.6) is 0 Å². The maximum absolute atomic E-state index is 11.8. The molecule has 1 aromatic heterocycles. The number of allylic oxidation sites excluding steroid dienone is 1. The molecule has 8 heteroatoms. The molecule has 1 saturated heterocycles. The third-order valence-corrected chi connectivity index (χ3v) is 5.68. The summed E-state index contributed by atoms with van der Waals surface area (Å²) in [6.07, 6.45) is 4.94. The van der Waals surface area contributed by atoms with Crippen molar-refractivity contribution >= 4 is 40.7 Å². The van der Waals surface area contributed by atoms with Crippen molar-refractivity contribution in [1.29, 1.82) is 0 Å². The van der Waals surface area contributed by atoms with Crippen LogP contribution in [0, 0.1) is 0 Å². The minimum Gasteiger partial charge on any atom is -0.378 e. The number of benzene rings is 2. The molecule has 1 amide bonds. The highest BCUT2D eigenvalue weighted by Gasteiger charge is 2.12. The molecule has 2 N–H and O–H groups in total. The smallest absolute Gasteiger partial charge is 0.248 e. The molecule has 0 spiro atoms. The van der Waals surface area contributed by atoms with E-state index in [0.29, 0.717) is 5.95 Å². The second kappa shape index (κ2) is 10.8. The minimum atomic E-state index is -0.150. The predicted octanol–water partition coefficient (Wildman–Crippen LogP) is 4.72. The molecule has 164 valence electrons. The van der Waals surface area contributed by atoms with Crippen LogP contribution in [-0.4, -0.2) is 42.2 Å². The highest BCUT2D eigenvalue weighted by atomic mass is 32.2. The Kier molecular flexibility index (Phi) is 7.37. The van der Waals surface area contributed by atoms with Gasteiger partial charge in [0.25, 0.3) is 0 Å². The second-order valence-corrected chi connectivity index (χ2v) is 8.21. The third kappa shape index (κ3) is 6.09. The van der Waals surface area contributed by atoms with E-state index < -0.39 is 0 Å². The van der Waals surface area contributed by atoms with Gasteiger partial charge in [0.15, 0.2) is 0 Å². The Labute approximate surface area is 191 Å². The molecule has 32 heavy (non-hydrogen) atoms. The zero-order chi connectivity index (χ0) is 22.2. The Morgan fingerprint density at radius 3 is 2.75 bits per heavy atom. The van der Waals surface area contributed by atoms with Crippen molar-refractivity contribution in [1.82, 2.24) is 9.97 Å². The standard InChI is InChI=1S/C24H25N5O2S/c1-2-5-22(30)26-19-7-4-9-21(17-19)32-23-10-11-25-24(28-23)27-18-6-3-8-20(16-18)29-12-14-31-15-13-29/h2-11,16-17H,12-15H2,1H3,(H,26,30)(H,25,27,28). The molecule has 2 aromatic carbocycles. The Bertz CT molecular complexity index is 1100. The Hall–Kier alpha value is -3.36. The molecule has 1 aliphatic heterocycles. The first-order valence-corrected chi connectivity index (χ1v) is 11.3. The molecule has 0 saturated carbocycles. The highest BCUT2D eigenvalue weighted by Crippen LogP contribution is 2.29. The molecule has 0 atom stereocenters. The number of morpholine rings is 1. The molecule has 4 rings (SSSR count). The van der Waals surface area contributed by atoms with Crippen LogP contribution in [0.3, 0.4) is 0 Å². The van der Waals surface area contributed by atoms with Gasteiger partial charge in [-0.1, -0.05) is 30.0 Å². The molecule has 7 nitrogen and oxygen atoms in total. The van der Waals surface area contributed by atoms with Crippen molar-refractivity contribution in [3.8, 4) is 0 Å². The van der Waals surface area contributed by atoms with E-state index >= 15 is 0 Å². The summed E-state index contributed by atoms with van der Waals surface area (Å²) in [4.78, 5) is 24.1. The molecule has 0 radical (unpaired) electrons. The van der Waals surface area contributed by atoms with E-state index in [9.17, 15) is 4.79 Å². The average Bonchev–Trinajstić information content (AvgIpc) is 2.80. The van der Waals surface area contributed by atoms with Crippen molar-refractivity contribution < 1.29 is 9.53 Å². The monoisotopic (exact) mass is 447 g/mol. The number of rotatable bonds is 7.